The molecule has 7 nitrogen and oxygen atoms in total. The predicted octanol–water partition coefficient (Wildman–Crippen LogP) is 2.93. The molecule has 0 radical (unpaired) electrons. The van der Waals surface area contributed by atoms with E-state index in [1.807, 2.05) is 29.6 Å². The maximum atomic E-state index is 12.4. The van der Waals surface area contributed by atoms with Gasteiger partial charge in [0, 0.05) is 41.8 Å². The molecule has 0 saturated carbocycles. The molecule has 3 aromatic rings. The van der Waals surface area contributed by atoms with Crippen molar-refractivity contribution in [3.63, 3.8) is 0 Å². The van der Waals surface area contributed by atoms with Gasteiger partial charge >= 0.3 is 5.91 Å². The Morgan fingerprint density at radius 3 is 2.79 bits per heavy atom. The van der Waals surface area contributed by atoms with E-state index in [1.54, 1.807) is 29.2 Å². The highest BCUT2D eigenvalue weighted by molar-refractivity contribution is 7.10. The SMILES string of the molecule is Cc1c(C(=O)NNC(=O)CCC(=O)N2CCc3sccc3C2)oc2ccccc12. The second kappa shape index (κ2) is 8.08. The number of hydrogen-bond donors (Lipinski definition) is 2. The fraction of sp³-hybridized carbons (Fsp3) is 0.286. The first-order chi connectivity index (χ1) is 14.0. The summed E-state index contributed by atoms with van der Waals surface area (Å²) in [7, 11) is 0. The average Bonchev–Trinajstić information content (AvgIpc) is 3.34. The number of rotatable bonds is 4. The number of benzene rings is 1. The summed E-state index contributed by atoms with van der Waals surface area (Å²) < 4.78 is 5.57. The van der Waals surface area contributed by atoms with Crippen LogP contribution in [-0.4, -0.2) is 29.2 Å². The lowest BCUT2D eigenvalue weighted by Gasteiger charge is -2.27. The third-order valence-corrected chi connectivity index (χ3v) is 6.11. The van der Waals surface area contributed by atoms with Crippen molar-refractivity contribution < 1.29 is 18.8 Å². The molecule has 3 amide bonds. The van der Waals surface area contributed by atoms with E-state index in [1.165, 1.54) is 10.4 Å². The number of nitrogens with zero attached hydrogens (tertiary/aromatic N) is 1. The minimum atomic E-state index is -0.528. The maximum absolute atomic E-state index is 12.4. The van der Waals surface area contributed by atoms with Gasteiger partial charge in [-0.25, -0.2) is 0 Å². The van der Waals surface area contributed by atoms with Crippen LogP contribution in [0.4, 0.5) is 0 Å². The highest BCUT2D eigenvalue weighted by Crippen LogP contribution is 2.25. The molecule has 0 fully saturated rings. The predicted molar refractivity (Wildman–Crippen MR) is 109 cm³/mol. The highest BCUT2D eigenvalue weighted by Gasteiger charge is 2.22. The quantitative estimate of drug-likeness (QED) is 0.646. The van der Waals surface area contributed by atoms with Crippen molar-refractivity contribution in [3.05, 3.63) is 57.5 Å². The number of nitrogens with one attached hydrogen (secondary N) is 2. The van der Waals surface area contributed by atoms with Crippen LogP contribution in [-0.2, 0) is 22.6 Å². The van der Waals surface area contributed by atoms with Crippen molar-refractivity contribution >= 4 is 40.0 Å². The first-order valence-corrected chi connectivity index (χ1v) is 10.3. The van der Waals surface area contributed by atoms with Gasteiger partial charge in [0.15, 0.2) is 5.76 Å². The molecule has 0 bridgehead atoms. The molecule has 1 aromatic carbocycles. The minimum absolute atomic E-state index is 0.00518. The minimum Gasteiger partial charge on any atom is -0.451 e. The van der Waals surface area contributed by atoms with E-state index in [4.69, 9.17) is 4.42 Å². The standard InChI is InChI=1S/C21H21N3O4S/c1-13-15-4-2-3-5-16(15)28-20(13)21(27)23-22-18(25)6-7-19(26)24-10-8-17-14(12-24)9-11-29-17/h2-5,9,11H,6-8,10,12H2,1H3,(H,22,25)(H,23,27). The van der Waals surface area contributed by atoms with E-state index in [0.29, 0.717) is 24.2 Å². The van der Waals surface area contributed by atoms with E-state index >= 15 is 0 Å². The van der Waals surface area contributed by atoms with Gasteiger partial charge in [-0.3, -0.25) is 25.2 Å². The normalized spacial score (nSPS) is 13.2. The molecule has 2 N–H and O–H groups in total. The fourth-order valence-electron chi connectivity index (χ4n) is 3.48. The topological polar surface area (TPSA) is 91.7 Å². The lowest BCUT2D eigenvalue weighted by atomic mass is 10.1. The summed E-state index contributed by atoms with van der Waals surface area (Å²) in [5.74, 6) is -0.855. The zero-order valence-corrected chi connectivity index (χ0v) is 16.8. The van der Waals surface area contributed by atoms with E-state index in [0.717, 1.165) is 11.8 Å². The van der Waals surface area contributed by atoms with Crippen molar-refractivity contribution in [1.82, 2.24) is 15.8 Å². The zero-order valence-electron chi connectivity index (χ0n) is 16.0. The number of carbonyl (C=O) groups excluding carboxylic acids is 3. The Balaban J connectivity index is 1.26. The second-order valence-electron chi connectivity index (χ2n) is 6.99. The Labute approximate surface area is 171 Å². The number of fused-ring (bicyclic) bond motifs is 2. The fourth-order valence-corrected chi connectivity index (χ4v) is 4.37. The monoisotopic (exact) mass is 411 g/mol. The third kappa shape index (κ3) is 4.02. The van der Waals surface area contributed by atoms with Crippen LogP contribution in [0.15, 0.2) is 40.1 Å². The molecule has 4 rings (SSSR count). The Bertz CT molecular complexity index is 1080. The summed E-state index contributed by atoms with van der Waals surface area (Å²) in [4.78, 5) is 39.9. The Morgan fingerprint density at radius 2 is 1.97 bits per heavy atom. The van der Waals surface area contributed by atoms with E-state index < -0.39 is 11.8 Å². The number of hydrogen-bond acceptors (Lipinski definition) is 5. The van der Waals surface area contributed by atoms with Gasteiger partial charge in [-0.2, -0.15) is 0 Å². The number of amides is 3. The Morgan fingerprint density at radius 1 is 1.14 bits per heavy atom. The van der Waals surface area contributed by atoms with Crippen LogP contribution in [0, 0.1) is 6.92 Å². The second-order valence-corrected chi connectivity index (χ2v) is 7.99. The number of carbonyl (C=O) groups is 3. The summed E-state index contributed by atoms with van der Waals surface area (Å²) in [6.45, 7) is 3.07. The molecule has 0 atom stereocenters. The molecule has 150 valence electrons. The lowest BCUT2D eigenvalue weighted by Crippen LogP contribution is -2.42. The summed E-state index contributed by atoms with van der Waals surface area (Å²) in [5.41, 5.74) is 7.22. The smallest absolute Gasteiger partial charge is 0.305 e. The molecule has 2 aromatic heterocycles. The largest absolute Gasteiger partial charge is 0.451 e. The number of hydrazine groups is 1. The molecule has 29 heavy (non-hydrogen) atoms. The zero-order chi connectivity index (χ0) is 20.4. The third-order valence-electron chi connectivity index (χ3n) is 5.09. The maximum Gasteiger partial charge on any atom is 0.305 e. The van der Waals surface area contributed by atoms with Gasteiger partial charge in [-0.05, 0) is 36.4 Å². The molecule has 8 heteroatoms. The van der Waals surface area contributed by atoms with Crippen LogP contribution in [0.3, 0.4) is 0 Å². The van der Waals surface area contributed by atoms with Gasteiger partial charge in [-0.15, -0.1) is 11.3 Å². The van der Waals surface area contributed by atoms with E-state index in [9.17, 15) is 14.4 Å². The van der Waals surface area contributed by atoms with Crippen molar-refractivity contribution in [2.45, 2.75) is 32.7 Å². The van der Waals surface area contributed by atoms with Crippen LogP contribution < -0.4 is 10.9 Å². The van der Waals surface area contributed by atoms with Crippen molar-refractivity contribution in [2.24, 2.45) is 0 Å². The summed E-state index contributed by atoms with van der Waals surface area (Å²) in [6, 6.07) is 9.39. The first-order valence-electron chi connectivity index (χ1n) is 9.43. The molecular weight excluding hydrogens is 390 g/mol. The molecule has 0 saturated heterocycles. The molecule has 0 aliphatic carbocycles. The lowest BCUT2D eigenvalue weighted by molar-refractivity contribution is -0.134. The van der Waals surface area contributed by atoms with Crippen LogP contribution >= 0.6 is 11.3 Å². The molecule has 3 heterocycles. The molecule has 1 aliphatic heterocycles. The van der Waals surface area contributed by atoms with E-state index in [2.05, 4.69) is 10.9 Å². The number of aryl methyl sites for hydroxylation is 1. The van der Waals surface area contributed by atoms with Crippen LogP contribution in [0.5, 0.6) is 0 Å². The summed E-state index contributed by atoms with van der Waals surface area (Å²) in [5, 5.41) is 2.89. The molecule has 0 spiro atoms. The average molecular weight is 411 g/mol. The number of para-hydroxylation sites is 1. The summed E-state index contributed by atoms with van der Waals surface area (Å²) in [6.07, 6.45) is 0.966. The Hall–Kier alpha value is -3.13. The van der Waals surface area contributed by atoms with Crippen LogP contribution in [0.25, 0.3) is 11.0 Å². The van der Waals surface area contributed by atoms with Crippen molar-refractivity contribution in [3.8, 4) is 0 Å². The van der Waals surface area contributed by atoms with Gasteiger partial charge in [-0.1, -0.05) is 18.2 Å². The Kier molecular flexibility index (Phi) is 5.35. The van der Waals surface area contributed by atoms with Gasteiger partial charge in [0.25, 0.3) is 0 Å². The molecular formula is C21H21N3O4S. The number of furan rings is 1. The highest BCUT2D eigenvalue weighted by atomic mass is 32.1. The number of thiophene rings is 1. The van der Waals surface area contributed by atoms with Crippen LogP contribution in [0.1, 0.15) is 39.4 Å². The van der Waals surface area contributed by atoms with Gasteiger partial charge in [0.05, 0.1) is 0 Å². The molecule has 0 unspecified atom stereocenters. The van der Waals surface area contributed by atoms with Crippen LogP contribution in [0.2, 0.25) is 0 Å². The van der Waals surface area contributed by atoms with Crippen molar-refractivity contribution in [2.75, 3.05) is 6.54 Å². The molecule has 1 aliphatic rings. The first kappa shape index (κ1) is 19.2. The van der Waals surface area contributed by atoms with Gasteiger partial charge in [0.2, 0.25) is 11.8 Å². The van der Waals surface area contributed by atoms with Gasteiger partial charge in [0.1, 0.15) is 5.58 Å². The van der Waals surface area contributed by atoms with Crippen molar-refractivity contribution in [1.29, 1.82) is 0 Å². The van der Waals surface area contributed by atoms with Gasteiger partial charge < -0.3 is 9.32 Å². The van der Waals surface area contributed by atoms with E-state index in [-0.39, 0.29) is 24.5 Å². The summed E-state index contributed by atoms with van der Waals surface area (Å²) >= 11 is 1.72.